The minimum Gasteiger partial charge on any atom is -0.342 e. The maximum absolute atomic E-state index is 12.6. The van der Waals surface area contributed by atoms with Crippen LogP contribution in [0.5, 0.6) is 0 Å². The molecule has 4 aliphatic rings. The predicted molar refractivity (Wildman–Crippen MR) is 155 cm³/mol. The Labute approximate surface area is 229 Å². The average Bonchev–Trinajstić information content (AvgIpc) is 3.33. The first-order chi connectivity index (χ1) is 16.9. The summed E-state index contributed by atoms with van der Waals surface area (Å²) >= 11 is 0. The summed E-state index contributed by atoms with van der Waals surface area (Å²) in [5.41, 5.74) is 1.15. The Hall–Kier alpha value is -1.06. The fourth-order valence-corrected chi connectivity index (χ4v) is 7.53. The van der Waals surface area contributed by atoms with Gasteiger partial charge in [-0.3, -0.25) is 9.59 Å². The van der Waals surface area contributed by atoms with Gasteiger partial charge in [0.1, 0.15) is 0 Å². The lowest BCUT2D eigenvalue weighted by Crippen LogP contribution is -2.54. The number of carbonyl (C=O) groups excluding carboxylic acids is 2. The van der Waals surface area contributed by atoms with E-state index in [9.17, 15) is 9.59 Å². The average molecular weight is 517 g/mol. The summed E-state index contributed by atoms with van der Waals surface area (Å²) in [6.45, 7) is 27.0. The van der Waals surface area contributed by atoms with Crippen LogP contribution in [0, 0.1) is 45.3 Å². The SMILES string of the molecule is CC(C)(C)CC1C[C@H](C(=O)N2CCCC2)C1(C)C.CC(C)(C)C[C@@H]1C[C@H](C(=O)N2CCCCC2)C1(C)C. The van der Waals surface area contributed by atoms with Crippen molar-refractivity contribution in [2.24, 2.45) is 45.3 Å². The van der Waals surface area contributed by atoms with E-state index in [4.69, 9.17) is 0 Å². The largest absolute Gasteiger partial charge is 0.342 e. The van der Waals surface area contributed by atoms with E-state index >= 15 is 0 Å². The fraction of sp³-hybridized carbons (Fsp3) is 0.939. The highest BCUT2D eigenvalue weighted by Crippen LogP contribution is 2.57. The molecule has 0 N–H and O–H groups in total. The minimum atomic E-state index is 0.196. The lowest BCUT2D eigenvalue weighted by molar-refractivity contribution is -0.155. The number of hydrogen-bond donors (Lipinski definition) is 0. The zero-order valence-corrected chi connectivity index (χ0v) is 26.2. The van der Waals surface area contributed by atoms with Crippen molar-refractivity contribution in [1.29, 1.82) is 0 Å². The van der Waals surface area contributed by atoms with Gasteiger partial charge in [-0.15, -0.1) is 0 Å². The van der Waals surface area contributed by atoms with Crippen LogP contribution in [0.25, 0.3) is 0 Å². The molecule has 0 bridgehead atoms. The molecule has 0 radical (unpaired) electrons. The van der Waals surface area contributed by atoms with Gasteiger partial charge >= 0.3 is 0 Å². The minimum absolute atomic E-state index is 0.196. The third-order valence-electron chi connectivity index (χ3n) is 10.3. The van der Waals surface area contributed by atoms with Gasteiger partial charge in [0.2, 0.25) is 11.8 Å². The molecule has 4 fully saturated rings. The van der Waals surface area contributed by atoms with E-state index in [1.165, 1.54) is 44.9 Å². The smallest absolute Gasteiger partial charge is 0.226 e. The standard InChI is InChI=1S/C17H31NO.C16H29NO/c1-16(2,3)12-13-11-14(17(13,4)5)15(19)18-9-7-6-8-10-18;1-15(2,3)11-12-10-13(16(12,4)5)14(18)17-8-6-7-9-17/h13-14H,6-12H2,1-5H3;12-13H,6-11H2,1-5H3/t13-,14+;12?,13-/m01/s1. The van der Waals surface area contributed by atoms with Gasteiger partial charge in [0.25, 0.3) is 0 Å². The maximum Gasteiger partial charge on any atom is 0.226 e. The van der Waals surface area contributed by atoms with Crippen molar-refractivity contribution in [2.45, 2.75) is 127 Å². The third-order valence-corrected chi connectivity index (χ3v) is 10.3. The molecule has 2 aliphatic carbocycles. The fourth-order valence-electron chi connectivity index (χ4n) is 7.53. The quantitative estimate of drug-likeness (QED) is 0.382. The number of amides is 2. The van der Waals surface area contributed by atoms with Gasteiger partial charge < -0.3 is 9.80 Å². The zero-order chi connectivity index (χ0) is 27.8. The first-order valence-corrected chi connectivity index (χ1v) is 15.5. The third kappa shape index (κ3) is 7.33. The summed E-state index contributed by atoms with van der Waals surface area (Å²) in [6.07, 6.45) is 10.8. The summed E-state index contributed by atoms with van der Waals surface area (Å²) < 4.78 is 0. The molecule has 0 aromatic carbocycles. The number of hydrogen-bond acceptors (Lipinski definition) is 2. The summed E-state index contributed by atoms with van der Waals surface area (Å²) in [5.74, 6) is 2.86. The summed E-state index contributed by atoms with van der Waals surface area (Å²) in [5, 5.41) is 0. The molecule has 4 atom stereocenters. The highest BCUT2D eigenvalue weighted by Gasteiger charge is 2.54. The molecule has 0 aromatic rings. The van der Waals surface area contributed by atoms with Crippen molar-refractivity contribution in [2.75, 3.05) is 26.2 Å². The van der Waals surface area contributed by atoms with Crippen LogP contribution in [0.2, 0.25) is 0 Å². The molecule has 4 nitrogen and oxygen atoms in total. The van der Waals surface area contributed by atoms with Crippen molar-refractivity contribution in [1.82, 2.24) is 9.80 Å². The van der Waals surface area contributed by atoms with Crippen LogP contribution in [-0.4, -0.2) is 47.8 Å². The van der Waals surface area contributed by atoms with Crippen molar-refractivity contribution >= 4 is 11.8 Å². The van der Waals surface area contributed by atoms with E-state index in [2.05, 4.69) is 79.0 Å². The highest BCUT2D eigenvalue weighted by atomic mass is 16.2. The molecule has 2 aliphatic heterocycles. The van der Waals surface area contributed by atoms with Crippen LogP contribution >= 0.6 is 0 Å². The lowest BCUT2D eigenvalue weighted by Gasteiger charge is -2.54. The monoisotopic (exact) mass is 516 g/mol. The number of nitrogens with zero attached hydrogens (tertiary/aromatic N) is 2. The molecule has 2 amide bonds. The normalized spacial score (nSPS) is 31.1. The van der Waals surface area contributed by atoms with Crippen molar-refractivity contribution < 1.29 is 9.59 Å². The molecule has 2 saturated heterocycles. The second kappa shape index (κ2) is 11.2. The maximum atomic E-state index is 12.6. The molecule has 1 unspecified atom stereocenters. The Bertz CT molecular complexity index is 788. The molecule has 4 rings (SSSR count). The Morgan fingerprint density at radius 1 is 0.595 bits per heavy atom. The van der Waals surface area contributed by atoms with Gasteiger partial charge in [-0.1, -0.05) is 69.2 Å². The van der Waals surface area contributed by atoms with E-state index in [1.807, 2.05) is 0 Å². The van der Waals surface area contributed by atoms with E-state index in [0.29, 0.717) is 34.5 Å². The van der Waals surface area contributed by atoms with Gasteiger partial charge in [-0.25, -0.2) is 0 Å². The van der Waals surface area contributed by atoms with E-state index in [0.717, 1.165) is 39.0 Å². The van der Waals surface area contributed by atoms with E-state index < -0.39 is 0 Å². The molecule has 214 valence electrons. The Kier molecular flexibility index (Phi) is 9.23. The predicted octanol–water partition coefficient (Wildman–Crippen LogP) is 7.80. The Morgan fingerprint density at radius 3 is 1.16 bits per heavy atom. The van der Waals surface area contributed by atoms with Gasteiger partial charge in [0.15, 0.2) is 0 Å². The number of piperidine rings is 1. The van der Waals surface area contributed by atoms with Gasteiger partial charge in [-0.2, -0.15) is 0 Å². The topological polar surface area (TPSA) is 40.6 Å². The number of rotatable bonds is 4. The van der Waals surface area contributed by atoms with E-state index in [1.54, 1.807) is 0 Å². The molecule has 2 heterocycles. The highest BCUT2D eigenvalue weighted by molar-refractivity contribution is 5.81. The molecule has 0 spiro atoms. The van der Waals surface area contributed by atoms with Gasteiger partial charge in [-0.05, 0) is 91.3 Å². The molecule has 4 heteroatoms. The van der Waals surface area contributed by atoms with Gasteiger partial charge in [0.05, 0.1) is 0 Å². The first-order valence-electron chi connectivity index (χ1n) is 15.5. The second-order valence-corrected chi connectivity index (χ2v) is 16.6. The van der Waals surface area contributed by atoms with Crippen molar-refractivity contribution in [3.63, 3.8) is 0 Å². The Morgan fingerprint density at radius 2 is 0.892 bits per heavy atom. The summed E-state index contributed by atoms with van der Waals surface area (Å²) in [6, 6.07) is 0. The van der Waals surface area contributed by atoms with E-state index in [-0.39, 0.29) is 22.7 Å². The summed E-state index contributed by atoms with van der Waals surface area (Å²) in [7, 11) is 0. The van der Waals surface area contributed by atoms with Crippen molar-refractivity contribution in [3.8, 4) is 0 Å². The number of carbonyl (C=O) groups is 2. The molecule has 37 heavy (non-hydrogen) atoms. The van der Waals surface area contributed by atoms with Crippen LogP contribution in [-0.2, 0) is 9.59 Å². The second-order valence-electron chi connectivity index (χ2n) is 16.6. The molecule has 2 saturated carbocycles. The van der Waals surface area contributed by atoms with Crippen LogP contribution in [0.1, 0.15) is 127 Å². The van der Waals surface area contributed by atoms with Crippen LogP contribution in [0.15, 0.2) is 0 Å². The zero-order valence-electron chi connectivity index (χ0n) is 26.2. The van der Waals surface area contributed by atoms with Gasteiger partial charge in [0, 0.05) is 38.0 Å². The number of likely N-dealkylation sites (tertiary alicyclic amines) is 2. The lowest BCUT2D eigenvalue weighted by atomic mass is 9.51. The van der Waals surface area contributed by atoms with Crippen LogP contribution < -0.4 is 0 Å². The van der Waals surface area contributed by atoms with Crippen LogP contribution in [0.3, 0.4) is 0 Å². The first kappa shape index (κ1) is 30.5. The summed E-state index contributed by atoms with van der Waals surface area (Å²) in [4.78, 5) is 29.3. The van der Waals surface area contributed by atoms with Crippen LogP contribution in [0.4, 0.5) is 0 Å². The molecular weight excluding hydrogens is 456 g/mol. The molecular formula is C33H60N2O2. The van der Waals surface area contributed by atoms with Crippen molar-refractivity contribution in [3.05, 3.63) is 0 Å². The Balaban J connectivity index is 0.000000206. The molecule has 0 aromatic heterocycles.